The summed E-state index contributed by atoms with van der Waals surface area (Å²) in [5.74, 6) is -0.903. The van der Waals surface area contributed by atoms with Gasteiger partial charge in [0.05, 0.1) is 13.2 Å². The predicted molar refractivity (Wildman–Crippen MR) is 160 cm³/mol. The second kappa shape index (κ2) is 10.5. The van der Waals surface area contributed by atoms with Crippen LogP contribution in [0.15, 0.2) is 60.7 Å². The summed E-state index contributed by atoms with van der Waals surface area (Å²) < 4.78 is 32.9. The Labute approximate surface area is 237 Å². The normalized spacial score (nSPS) is 27.5. The molecule has 39 heavy (non-hydrogen) atoms. The minimum Gasteiger partial charge on any atom is -0.414 e. The monoisotopic (exact) mass is 572 g/mol. The van der Waals surface area contributed by atoms with Crippen molar-refractivity contribution in [2.24, 2.45) is 0 Å². The smallest absolute Gasteiger partial charge is 0.261 e. The average molecular weight is 573 g/mol. The first-order valence-electron chi connectivity index (χ1n) is 14.1. The molecule has 4 rings (SSSR count). The van der Waals surface area contributed by atoms with Gasteiger partial charge in [-0.3, -0.25) is 0 Å². The van der Waals surface area contributed by atoms with E-state index in [-0.39, 0.29) is 16.7 Å². The predicted octanol–water partition coefficient (Wildman–Crippen LogP) is 5.19. The van der Waals surface area contributed by atoms with Crippen molar-refractivity contribution in [3.05, 3.63) is 60.7 Å². The number of aliphatic hydroxyl groups excluding tert-OH is 1. The lowest BCUT2D eigenvalue weighted by molar-refractivity contribution is -0.253. The molecule has 0 aromatic heterocycles. The highest BCUT2D eigenvalue weighted by atomic mass is 28.4. The van der Waals surface area contributed by atoms with Crippen LogP contribution in [0.1, 0.15) is 55.4 Å². The summed E-state index contributed by atoms with van der Waals surface area (Å²) in [6.07, 6.45) is -2.22. The second-order valence-electron chi connectivity index (χ2n) is 14.0. The van der Waals surface area contributed by atoms with Gasteiger partial charge in [0.25, 0.3) is 8.32 Å². The van der Waals surface area contributed by atoms with Gasteiger partial charge in [0.15, 0.2) is 26.0 Å². The average Bonchev–Trinajstić information content (AvgIpc) is 3.25. The molecule has 1 N–H and O–H groups in total. The highest BCUT2D eigenvalue weighted by Gasteiger charge is 2.67. The van der Waals surface area contributed by atoms with Crippen LogP contribution in [0.4, 0.5) is 0 Å². The molecule has 2 saturated heterocycles. The van der Waals surface area contributed by atoms with Crippen LogP contribution >= 0.6 is 0 Å². The summed E-state index contributed by atoms with van der Waals surface area (Å²) in [5.41, 5.74) is -1.18. The Kier molecular flexibility index (Phi) is 8.22. The van der Waals surface area contributed by atoms with E-state index in [2.05, 4.69) is 103 Å². The third kappa shape index (κ3) is 5.59. The van der Waals surface area contributed by atoms with Gasteiger partial charge in [-0.15, -0.1) is 0 Å². The molecule has 2 aromatic rings. The largest absolute Gasteiger partial charge is 0.414 e. The molecule has 0 bridgehead atoms. The SMILES string of the molecule is CC1(C)O[C@H]2[C@@H](CO[Si](C)(C)C(C)(C)C)OC(O)[C@@]2(CO[Si](c2ccccc2)(c2ccccc2)C(C)(C)C)O1. The molecule has 216 valence electrons. The van der Waals surface area contributed by atoms with Crippen LogP contribution in [0.2, 0.25) is 23.2 Å². The van der Waals surface area contributed by atoms with Gasteiger partial charge in [-0.25, -0.2) is 0 Å². The van der Waals surface area contributed by atoms with Crippen LogP contribution in [0.25, 0.3) is 0 Å². The quantitative estimate of drug-likeness (QED) is 0.439. The molecule has 8 heteroatoms. The number of rotatable bonds is 8. The molecule has 0 saturated carbocycles. The van der Waals surface area contributed by atoms with Crippen LogP contribution in [-0.4, -0.2) is 64.8 Å². The van der Waals surface area contributed by atoms with Gasteiger partial charge in [0.1, 0.15) is 12.2 Å². The molecule has 0 aliphatic carbocycles. The molecule has 1 unspecified atom stereocenters. The van der Waals surface area contributed by atoms with E-state index in [1.807, 2.05) is 26.0 Å². The molecular weight excluding hydrogens is 525 g/mol. The second-order valence-corrected chi connectivity index (χ2v) is 23.2. The molecule has 0 radical (unpaired) electrons. The van der Waals surface area contributed by atoms with Gasteiger partial charge in [-0.05, 0) is 47.4 Å². The Morgan fingerprint density at radius 2 is 1.33 bits per heavy atom. The Bertz CT molecular complexity index is 1070. The van der Waals surface area contributed by atoms with E-state index in [4.69, 9.17) is 23.1 Å². The molecule has 2 fully saturated rings. The van der Waals surface area contributed by atoms with Crippen LogP contribution in [0.5, 0.6) is 0 Å². The zero-order valence-corrected chi connectivity index (χ0v) is 27.4. The van der Waals surface area contributed by atoms with E-state index in [0.717, 1.165) is 0 Å². The number of hydrogen-bond donors (Lipinski definition) is 1. The molecule has 2 aliphatic heterocycles. The molecule has 6 nitrogen and oxygen atoms in total. The van der Waals surface area contributed by atoms with Gasteiger partial charge in [-0.1, -0.05) is 102 Å². The standard InChI is InChI=1S/C31H48O6Si2/c1-28(2,3)38(9,10)33-21-25-26-31(27(32)35-25,37-30(7,8)36-26)22-34-39(29(4,5)6,23-17-13-11-14-18-23)24-19-15-12-16-20-24/h11-20,25-27,32H,21-22H2,1-10H3/t25-,26+,27?,31+/m1/s1. The molecular formula is C31H48O6Si2. The van der Waals surface area contributed by atoms with Crippen molar-refractivity contribution in [3.8, 4) is 0 Å². The van der Waals surface area contributed by atoms with E-state index < -0.39 is 46.5 Å². The van der Waals surface area contributed by atoms with Crippen LogP contribution in [0.3, 0.4) is 0 Å². The Morgan fingerprint density at radius 3 is 1.79 bits per heavy atom. The van der Waals surface area contributed by atoms with E-state index >= 15 is 0 Å². The van der Waals surface area contributed by atoms with E-state index in [1.54, 1.807) is 0 Å². The minimum atomic E-state index is -2.88. The van der Waals surface area contributed by atoms with Crippen molar-refractivity contribution in [1.29, 1.82) is 0 Å². The van der Waals surface area contributed by atoms with E-state index in [9.17, 15) is 5.11 Å². The first-order valence-corrected chi connectivity index (χ1v) is 18.9. The first-order chi connectivity index (χ1) is 18.0. The van der Waals surface area contributed by atoms with Gasteiger partial charge in [-0.2, -0.15) is 0 Å². The minimum absolute atomic E-state index is 0.0556. The van der Waals surface area contributed by atoms with Crippen molar-refractivity contribution in [3.63, 3.8) is 0 Å². The van der Waals surface area contributed by atoms with Crippen molar-refractivity contribution in [2.75, 3.05) is 13.2 Å². The number of ether oxygens (including phenoxy) is 3. The summed E-state index contributed by atoms with van der Waals surface area (Å²) in [6.45, 7) is 22.0. The Hall–Kier alpha value is -1.37. The summed E-state index contributed by atoms with van der Waals surface area (Å²) in [4.78, 5) is 0. The summed E-state index contributed by atoms with van der Waals surface area (Å²) in [6, 6.07) is 21.0. The fraction of sp³-hybridized carbons (Fsp3) is 0.613. The van der Waals surface area contributed by atoms with Crippen LogP contribution in [-0.2, 0) is 23.1 Å². The molecule has 2 aromatic carbocycles. The number of fused-ring (bicyclic) bond motifs is 1. The van der Waals surface area contributed by atoms with Crippen LogP contribution < -0.4 is 10.4 Å². The highest BCUT2D eigenvalue weighted by Crippen LogP contribution is 2.48. The molecule has 2 heterocycles. The topological polar surface area (TPSA) is 66.4 Å². The molecule has 2 aliphatic rings. The maximum atomic E-state index is 11.4. The molecule has 0 spiro atoms. The van der Waals surface area contributed by atoms with Gasteiger partial charge < -0.3 is 28.2 Å². The molecule has 4 atom stereocenters. The van der Waals surface area contributed by atoms with Gasteiger partial charge in [0, 0.05) is 0 Å². The van der Waals surface area contributed by atoms with Gasteiger partial charge in [0.2, 0.25) is 0 Å². The summed E-state index contributed by atoms with van der Waals surface area (Å²) >= 11 is 0. The van der Waals surface area contributed by atoms with E-state index in [1.165, 1.54) is 10.4 Å². The summed E-state index contributed by atoms with van der Waals surface area (Å²) in [5, 5.41) is 13.6. The lowest BCUT2D eigenvalue weighted by Crippen LogP contribution is -2.68. The van der Waals surface area contributed by atoms with Crippen molar-refractivity contribution >= 4 is 27.0 Å². The Morgan fingerprint density at radius 1 is 0.821 bits per heavy atom. The fourth-order valence-electron chi connectivity index (χ4n) is 5.68. The number of benzene rings is 2. The summed E-state index contributed by atoms with van der Waals surface area (Å²) in [7, 11) is -4.92. The fourth-order valence-corrected chi connectivity index (χ4v) is 11.3. The third-order valence-electron chi connectivity index (χ3n) is 8.73. The van der Waals surface area contributed by atoms with Gasteiger partial charge >= 0.3 is 0 Å². The van der Waals surface area contributed by atoms with Crippen molar-refractivity contribution < 1.29 is 28.2 Å². The third-order valence-corrected chi connectivity index (χ3v) is 18.2. The van der Waals surface area contributed by atoms with Crippen molar-refractivity contribution in [1.82, 2.24) is 0 Å². The Balaban J connectivity index is 1.71. The zero-order chi connectivity index (χ0) is 28.9. The highest BCUT2D eigenvalue weighted by molar-refractivity contribution is 6.99. The lowest BCUT2D eigenvalue weighted by atomic mass is 9.96. The molecule has 0 amide bonds. The number of aliphatic hydroxyl groups is 1. The number of hydrogen-bond acceptors (Lipinski definition) is 6. The first kappa shape index (κ1) is 30.6. The maximum Gasteiger partial charge on any atom is 0.261 e. The zero-order valence-electron chi connectivity index (χ0n) is 25.4. The van der Waals surface area contributed by atoms with E-state index in [0.29, 0.717) is 6.61 Å². The van der Waals surface area contributed by atoms with Crippen molar-refractivity contribution in [2.45, 2.75) is 108 Å². The maximum absolute atomic E-state index is 11.4. The van der Waals surface area contributed by atoms with Crippen LogP contribution in [0, 0.1) is 0 Å². The lowest BCUT2D eigenvalue weighted by Gasteiger charge is -2.45.